The molecule has 0 spiro atoms. The average molecular weight is 435 g/mol. The van der Waals surface area contributed by atoms with Crippen LogP contribution in [0.3, 0.4) is 0 Å². The second-order valence-corrected chi connectivity index (χ2v) is 9.32. The largest absolute Gasteiger partial charge is 0.494 e. The molecule has 0 aromatic heterocycles. The molecule has 3 rings (SSSR count). The Balaban J connectivity index is 1.47. The van der Waals surface area contributed by atoms with Gasteiger partial charge in [-0.3, -0.25) is 4.90 Å². The van der Waals surface area contributed by atoms with Gasteiger partial charge >= 0.3 is 0 Å². The van der Waals surface area contributed by atoms with E-state index >= 15 is 0 Å². The highest BCUT2D eigenvalue weighted by Gasteiger charge is 2.29. The Morgan fingerprint density at radius 2 is 1.50 bits per heavy atom. The van der Waals surface area contributed by atoms with Crippen molar-refractivity contribution >= 4 is 10.0 Å². The van der Waals surface area contributed by atoms with E-state index in [1.165, 1.54) is 4.31 Å². The fraction of sp³-hybridized carbons (Fsp3) is 0.455. The van der Waals surface area contributed by atoms with Crippen LogP contribution >= 0.6 is 0 Å². The number of aryl methyl sites for hydroxylation is 1. The van der Waals surface area contributed by atoms with Crippen molar-refractivity contribution in [1.82, 2.24) is 9.21 Å². The fourth-order valence-corrected chi connectivity index (χ4v) is 4.78. The summed E-state index contributed by atoms with van der Waals surface area (Å²) >= 11 is 0. The van der Waals surface area contributed by atoms with Gasteiger partial charge in [-0.2, -0.15) is 4.31 Å². The third-order valence-corrected chi connectivity index (χ3v) is 6.95. The Hall–Kier alpha value is -2.13. The molecule has 0 bridgehead atoms. The van der Waals surface area contributed by atoms with Crippen molar-refractivity contribution in [1.29, 1.82) is 0 Å². The maximum absolute atomic E-state index is 12.9. The van der Waals surface area contributed by atoms with Gasteiger partial charge in [0.1, 0.15) is 24.2 Å². The van der Waals surface area contributed by atoms with Crippen LogP contribution in [-0.2, 0) is 10.0 Å². The van der Waals surface area contributed by atoms with Crippen molar-refractivity contribution in [3.63, 3.8) is 0 Å². The molecule has 0 saturated carbocycles. The predicted octanol–water partition coefficient (Wildman–Crippen LogP) is 2.14. The summed E-state index contributed by atoms with van der Waals surface area (Å²) in [5.74, 6) is 1.38. The third kappa shape index (κ3) is 5.95. The number of ether oxygens (including phenoxy) is 2. The van der Waals surface area contributed by atoms with E-state index in [-0.39, 0.29) is 11.5 Å². The second kappa shape index (κ2) is 10.3. The summed E-state index contributed by atoms with van der Waals surface area (Å²) in [4.78, 5) is 2.33. The monoisotopic (exact) mass is 434 g/mol. The summed E-state index contributed by atoms with van der Waals surface area (Å²) in [5, 5.41) is 10.3. The zero-order valence-corrected chi connectivity index (χ0v) is 18.3. The van der Waals surface area contributed by atoms with Crippen LogP contribution in [0.15, 0.2) is 53.4 Å². The minimum Gasteiger partial charge on any atom is -0.494 e. The molecule has 0 amide bonds. The molecule has 0 unspecified atom stereocenters. The Bertz CT molecular complexity index is 892. The summed E-state index contributed by atoms with van der Waals surface area (Å²) < 4.78 is 38.2. The van der Waals surface area contributed by atoms with E-state index in [0.29, 0.717) is 45.1 Å². The van der Waals surface area contributed by atoms with E-state index in [9.17, 15) is 13.5 Å². The van der Waals surface area contributed by atoms with E-state index in [1.54, 1.807) is 24.3 Å². The SMILES string of the molecule is CCOc1ccc(S(=O)(=O)N2CCN(C[C@@H](O)COc3ccc(C)cc3)CC2)cc1. The highest BCUT2D eigenvalue weighted by molar-refractivity contribution is 7.89. The van der Waals surface area contributed by atoms with Crippen LogP contribution in [0.25, 0.3) is 0 Å². The molecule has 0 radical (unpaired) electrons. The van der Waals surface area contributed by atoms with Crippen LogP contribution in [0.5, 0.6) is 11.5 Å². The van der Waals surface area contributed by atoms with Crippen molar-refractivity contribution < 1.29 is 23.0 Å². The first-order valence-electron chi connectivity index (χ1n) is 10.2. The van der Waals surface area contributed by atoms with Gasteiger partial charge in [-0.15, -0.1) is 0 Å². The van der Waals surface area contributed by atoms with Crippen molar-refractivity contribution in [2.75, 3.05) is 45.9 Å². The fourth-order valence-electron chi connectivity index (χ4n) is 3.35. The van der Waals surface area contributed by atoms with Gasteiger partial charge in [-0.25, -0.2) is 8.42 Å². The number of hydrogen-bond acceptors (Lipinski definition) is 6. The number of β-amino-alcohol motifs (C(OH)–C–C–N with tert-alkyl or cyclic N) is 1. The molecule has 1 fully saturated rings. The molecule has 1 aliphatic rings. The molecule has 164 valence electrons. The summed E-state index contributed by atoms with van der Waals surface area (Å²) in [6, 6.07) is 14.2. The van der Waals surface area contributed by atoms with Crippen molar-refractivity contribution in [3.05, 3.63) is 54.1 Å². The number of benzene rings is 2. The number of nitrogens with zero attached hydrogens (tertiary/aromatic N) is 2. The zero-order valence-electron chi connectivity index (χ0n) is 17.5. The first-order valence-corrected chi connectivity index (χ1v) is 11.7. The van der Waals surface area contributed by atoms with E-state index in [0.717, 1.165) is 11.3 Å². The lowest BCUT2D eigenvalue weighted by Crippen LogP contribution is -2.50. The van der Waals surface area contributed by atoms with E-state index in [2.05, 4.69) is 4.90 Å². The molecule has 2 aromatic carbocycles. The predicted molar refractivity (Wildman–Crippen MR) is 115 cm³/mol. The number of rotatable bonds is 9. The van der Waals surface area contributed by atoms with Gasteiger partial charge < -0.3 is 14.6 Å². The zero-order chi connectivity index (χ0) is 21.6. The van der Waals surface area contributed by atoms with Crippen LogP contribution in [0.4, 0.5) is 0 Å². The van der Waals surface area contributed by atoms with Crippen LogP contribution in [0, 0.1) is 6.92 Å². The minimum atomic E-state index is -3.53. The van der Waals surface area contributed by atoms with Gasteiger partial charge in [0.05, 0.1) is 11.5 Å². The Morgan fingerprint density at radius 1 is 0.933 bits per heavy atom. The van der Waals surface area contributed by atoms with Crippen LogP contribution in [-0.4, -0.2) is 74.8 Å². The standard InChI is InChI=1S/C22H30N2O5S/c1-3-28-20-8-10-22(11-9-20)30(26,27)24-14-12-23(13-15-24)16-19(25)17-29-21-6-4-18(2)5-7-21/h4-11,19,25H,3,12-17H2,1-2H3/t19-/m1/s1. The van der Waals surface area contributed by atoms with E-state index in [4.69, 9.17) is 9.47 Å². The summed E-state index contributed by atoms with van der Waals surface area (Å²) in [5.41, 5.74) is 1.15. The van der Waals surface area contributed by atoms with Crippen LogP contribution in [0.1, 0.15) is 12.5 Å². The maximum Gasteiger partial charge on any atom is 0.243 e. The maximum atomic E-state index is 12.9. The van der Waals surface area contributed by atoms with Crippen LogP contribution in [0.2, 0.25) is 0 Å². The van der Waals surface area contributed by atoms with Gasteiger partial charge in [-0.05, 0) is 50.2 Å². The Morgan fingerprint density at radius 3 is 2.10 bits per heavy atom. The molecule has 2 aromatic rings. The van der Waals surface area contributed by atoms with E-state index < -0.39 is 16.1 Å². The number of aliphatic hydroxyl groups excluding tert-OH is 1. The summed E-state index contributed by atoms with van der Waals surface area (Å²) in [6.07, 6.45) is -0.638. The summed E-state index contributed by atoms with van der Waals surface area (Å²) in [6.45, 7) is 6.99. The van der Waals surface area contributed by atoms with E-state index in [1.807, 2.05) is 38.1 Å². The molecule has 8 heteroatoms. The molecular weight excluding hydrogens is 404 g/mol. The molecule has 1 aliphatic heterocycles. The molecule has 1 saturated heterocycles. The number of aliphatic hydroxyl groups is 1. The van der Waals surface area contributed by atoms with Gasteiger partial charge in [0.25, 0.3) is 0 Å². The van der Waals surface area contributed by atoms with Crippen molar-refractivity contribution in [2.45, 2.75) is 24.8 Å². The van der Waals surface area contributed by atoms with Gasteiger partial charge in [0.15, 0.2) is 0 Å². The lowest BCUT2D eigenvalue weighted by atomic mass is 10.2. The van der Waals surface area contributed by atoms with Gasteiger partial charge in [-0.1, -0.05) is 17.7 Å². The number of sulfonamides is 1. The average Bonchev–Trinajstić information content (AvgIpc) is 2.74. The van der Waals surface area contributed by atoms with Gasteiger partial charge in [0, 0.05) is 32.7 Å². The second-order valence-electron chi connectivity index (χ2n) is 7.39. The minimum absolute atomic E-state index is 0.202. The molecule has 30 heavy (non-hydrogen) atoms. The highest BCUT2D eigenvalue weighted by atomic mass is 32.2. The first-order chi connectivity index (χ1) is 14.4. The third-order valence-electron chi connectivity index (χ3n) is 5.04. The normalized spacial score (nSPS) is 16.9. The van der Waals surface area contributed by atoms with Crippen molar-refractivity contribution in [2.24, 2.45) is 0 Å². The Kier molecular flexibility index (Phi) is 7.71. The number of hydrogen-bond donors (Lipinski definition) is 1. The summed E-state index contributed by atoms with van der Waals surface area (Å²) in [7, 11) is -3.53. The molecular formula is C22H30N2O5S. The number of piperazine rings is 1. The van der Waals surface area contributed by atoms with Crippen LogP contribution < -0.4 is 9.47 Å². The quantitative estimate of drug-likeness (QED) is 0.652. The first kappa shape index (κ1) is 22.6. The Labute approximate surface area is 178 Å². The molecule has 7 nitrogen and oxygen atoms in total. The highest BCUT2D eigenvalue weighted by Crippen LogP contribution is 2.21. The van der Waals surface area contributed by atoms with Gasteiger partial charge in [0.2, 0.25) is 10.0 Å². The lowest BCUT2D eigenvalue weighted by Gasteiger charge is -2.34. The molecule has 1 atom stereocenters. The molecule has 1 N–H and O–H groups in total. The lowest BCUT2D eigenvalue weighted by molar-refractivity contribution is 0.0569. The topological polar surface area (TPSA) is 79.3 Å². The molecule has 0 aliphatic carbocycles. The molecule has 1 heterocycles. The smallest absolute Gasteiger partial charge is 0.243 e. The van der Waals surface area contributed by atoms with Crippen molar-refractivity contribution in [3.8, 4) is 11.5 Å².